The van der Waals surface area contributed by atoms with E-state index in [0.717, 1.165) is 0 Å². The van der Waals surface area contributed by atoms with Crippen LogP contribution in [0.2, 0.25) is 0 Å². The van der Waals surface area contributed by atoms with Gasteiger partial charge in [0, 0.05) is 16.5 Å². The highest BCUT2D eigenvalue weighted by atomic mass is 32.1. The van der Waals surface area contributed by atoms with Gasteiger partial charge >= 0.3 is 5.97 Å². The molecule has 34 heavy (non-hydrogen) atoms. The van der Waals surface area contributed by atoms with Crippen LogP contribution in [0.15, 0.2) is 48.5 Å². The van der Waals surface area contributed by atoms with Crippen molar-refractivity contribution in [3.05, 3.63) is 70.2 Å². The van der Waals surface area contributed by atoms with E-state index in [9.17, 15) is 9.59 Å². The molecule has 0 aliphatic rings. The molecule has 7 nitrogen and oxygen atoms in total. The number of ether oxygens (including phenoxy) is 3. The summed E-state index contributed by atoms with van der Waals surface area (Å²) in [6.07, 6.45) is 0. The highest BCUT2D eigenvalue weighted by Crippen LogP contribution is 2.43. The van der Waals surface area contributed by atoms with Crippen LogP contribution < -0.4 is 15.2 Å². The predicted octanol–water partition coefficient (Wildman–Crippen LogP) is 5.28. The number of thiophene rings is 1. The summed E-state index contributed by atoms with van der Waals surface area (Å²) in [7, 11) is 3.14. The zero-order valence-corrected chi connectivity index (χ0v) is 20.1. The van der Waals surface area contributed by atoms with Gasteiger partial charge in [-0.2, -0.15) is 0 Å². The number of carbonyl (C=O) groups excluding carboxylic acids is 2. The molecule has 0 spiro atoms. The van der Waals surface area contributed by atoms with Crippen LogP contribution in [0.5, 0.6) is 11.5 Å². The van der Waals surface area contributed by atoms with Gasteiger partial charge in [0.25, 0.3) is 0 Å². The number of methoxy groups -OCH3 is 2. The molecule has 2 N–H and O–H groups in total. The van der Waals surface area contributed by atoms with Gasteiger partial charge in [-0.25, -0.2) is 9.78 Å². The minimum absolute atomic E-state index is 0.216. The average molecular weight is 477 g/mol. The van der Waals surface area contributed by atoms with Crippen molar-refractivity contribution < 1.29 is 23.8 Å². The van der Waals surface area contributed by atoms with E-state index in [1.165, 1.54) is 11.3 Å². The zero-order chi connectivity index (χ0) is 24.4. The van der Waals surface area contributed by atoms with E-state index in [0.29, 0.717) is 54.5 Å². The van der Waals surface area contributed by atoms with Crippen LogP contribution in [0.3, 0.4) is 0 Å². The Morgan fingerprint density at radius 2 is 1.74 bits per heavy atom. The molecule has 2 aromatic heterocycles. The first-order valence-corrected chi connectivity index (χ1v) is 11.4. The second-order valence-electron chi connectivity index (χ2n) is 7.48. The quantitative estimate of drug-likeness (QED) is 0.286. The van der Waals surface area contributed by atoms with Gasteiger partial charge in [-0.1, -0.05) is 12.1 Å². The SMILES string of the molecule is CCOC(=O)c1c(C)nc2sc(C(=O)c3ccc(OC)cc3)c(N)c2c1-c1cccc(OC)c1. The number of nitrogens with two attached hydrogens (primary N) is 1. The van der Waals surface area contributed by atoms with Gasteiger partial charge in [-0.15, -0.1) is 11.3 Å². The van der Waals surface area contributed by atoms with Gasteiger partial charge < -0.3 is 19.9 Å². The number of aryl methyl sites for hydroxylation is 1. The molecule has 8 heteroatoms. The van der Waals surface area contributed by atoms with Crippen molar-refractivity contribution in [2.75, 3.05) is 26.6 Å². The minimum atomic E-state index is -0.499. The van der Waals surface area contributed by atoms with Crippen molar-refractivity contribution in [1.82, 2.24) is 4.98 Å². The third-order valence-corrected chi connectivity index (χ3v) is 6.55. The first-order chi connectivity index (χ1) is 16.4. The molecule has 0 amide bonds. The number of esters is 1. The lowest BCUT2D eigenvalue weighted by Gasteiger charge is -2.14. The first kappa shape index (κ1) is 23.3. The Bertz CT molecular complexity index is 1390. The number of nitrogen functional groups attached to an aromatic ring is 1. The molecule has 0 saturated heterocycles. The second kappa shape index (κ2) is 9.52. The average Bonchev–Trinajstić information content (AvgIpc) is 3.18. The Kier molecular flexibility index (Phi) is 6.51. The maximum Gasteiger partial charge on any atom is 0.340 e. The standard InChI is InChI=1S/C26H24N2O5S/c1-5-33-26(30)19-14(2)28-25-21(20(19)16-7-6-8-18(13-16)32-4)22(27)24(34-25)23(29)15-9-11-17(31-3)12-10-15/h6-13H,5,27H2,1-4H3. The van der Waals surface area contributed by atoms with Crippen molar-refractivity contribution in [3.8, 4) is 22.6 Å². The summed E-state index contributed by atoms with van der Waals surface area (Å²) in [5, 5.41) is 0.545. The second-order valence-corrected chi connectivity index (χ2v) is 8.48. The maximum absolute atomic E-state index is 13.3. The van der Waals surface area contributed by atoms with E-state index in [4.69, 9.17) is 19.9 Å². The molecule has 2 heterocycles. The number of fused-ring (bicyclic) bond motifs is 1. The summed E-state index contributed by atoms with van der Waals surface area (Å²) < 4.78 is 15.9. The fraction of sp³-hybridized carbons (Fsp3) is 0.192. The van der Waals surface area contributed by atoms with Crippen LogP contribution in [0.4, 0.5) is 5.69 Å². The number of rotatable bonds is 7. The molecular formula is C26H24N2O5S. The summed E-state index contributed by atoms with van der Waals surface area (Å²) in [6.45, 7) is 3.71. The highest BCUT2D eigenvalue weighted by molar-refractivity contribution is 7.21. The molecule has 0 unspecified atom stereocenters. The Balaban J connectivity index is 1.99. The van der Waals surface area contributed by atoms with Crippen LogP contribution in [-0.4, -0.2) is 37.6 Å². The molecule has 0 aliphatic heterocycles. The normalized spacial score (nSPS) is 10.8. The molecule has 4 aromatic rings. The van der Waals surface area contributed by atoms with Gasteiger partial charge in [-0.05, 0) is 55.8 Å². The Morgan fingerprint density at radius 1 is 1.03 bits per heavy atom. The van der Waals surface area contributed by atoms with Crippen molar-refractivity contribution in [3.63, 3.8) is 0 Å². The number of pyridine rings is 1. The number of carbonyl (C=O) groups is 2. The highest BCUT2D eigenvalue weighted by Gasteiger charge is 2.27. The van der Waals surface area contributed by atoms with E-state index in [-0.39, 0.29) is 18.1 Å². The van der Waals surface area contributed by atoms with Crippen molar-refractivity contribution in [2.24, 2.45) is 0 Å². The lowest BCUT2D eigenvalue weighted by atomic mass is 9.94. The monoisotopic (exact) mass is 476 g/mol. The number of anilines is 1. The summed E-state index contributed by atoms with van der Waals surface area (Å²) in [4.78, 5) is 31.9. The molecular weight excluding hydrogens is 452 g/mol. The lowest BCUT2D eigenvalue weighted by molar-refractivity contribution is 0.0526. The van der Waals surface area contributed by atoms with E-state index in [1.54, 1.807) is 52.3 Å². The van der Waals surface area contributed by atoms with Gasteiger partial charge in [0.1, 0.15) is 21.2 Å². The third kappa shape index (κ3) is 4.08. The van der Waals surface area contributed by atoms with E-state index in [1.807, 2.05) is 24.3 Å². The van der Waals surface area contributed by atoms with Crippen LogP contribution in [0.25, 0.3) is 21.3 Å². The summed E-state index contributed by atoms with van der Waals surface area (Å²) in [5.41, 5.74) is 9.42. The molecule has 0 fully saturated rings. The Morgan fingerprint density at radius 3 is 2.38 bits per heavy atom. The number of hydrogen-bond donors (Lipinski definition) is 1. The van der Waals surface area contributed by atoms with Crippen molar-refractivity contribution in [2.45, 2.75) is 13.8 Å². The van der Waals surface area contributed by atoms with Gasteiger partial charge in [-0.3, -0.25) is 4.79 Å². The summed E-state index contributed by atoms with van der Waals surface area (Å²) in [6, 6.07) is 14.2. The first-order valence-electron chi connectivity index (χ1n) is 10.6. The van der Waals surface area contributed by atoms with Crippen LogP contribution in [-0.2, 0) is 4.74 Å². The summed E-state index contributed by atoms with van der Waals surface area (Å²) in [5.74, 6) is 0.548. The number of ketones is 1. The molecule has 2 aromatic carbocycles. The lowest BCUT2D eigenvalue weighted by Crippen LogP contribution is -2.10. The Hall–Kier alpha value is -3.91. The summed E-state index contributed by atoms with van der Waals surface area (Å²) >= 11 is 1.20. The fourth-order valence-corrected chi connectivity index (χ4v) is 4.94. The van der Waals surface area contributed by atoms with E-state index >= 15 is 0 Å². The van der Waals surface area contributed by atoms with Crippen LogP contribution in [0, 0.1) is 6.92 Å². The van der Waals surface area contributed by atoms with Gasteiger partial charge in [0.2, 0.25) is 5.78 Å². The topological polar surface area (TPSA) is 101 Å². The number of hydrogen-bond acceptors (Lipinski definition) is 8. The molecule has 0 radical (unpaired) electrons. The fourth-order valence-electron chi connectivity index (χ4n) is 3.83. The number of aromatic nitrogens is 1. The van der Waals surface area contributed by atoms with E-state index in [2.05, 4.69) is 4.98 Å². The smallest absolute Gasteiger partial charge is 0.340 e. The molecule has 174 valence electrons. The molecule has 4 rings (SSSR count). The predicted molar refractivity (Wildman–Crippen MR) is 133 cm³/mol. The third-order valence-electron chi connectivity index (χ3n) is 5.45. The molecule has 0 bridgehead atoms. The molecule has 0 aliphatic carbocycles. The zero-order valence-electron chi connectivity index (χ0n) is 19.3. The van der Waals surface area contributed by atoms with Crippen LogP contribution >= 0.6 is 11.3 Å². The van der Waals surface area contributed by atoms with Crippen molar-refractivity contribution in [1.29, 1.82) is 0 Å². The largest absolute Gasteiger partial charge is 0.497 e. The van der Waals surface area contributed by atoms with Gasteiger partial charge in [0.15, 0.2) is 0 Å². The Labute approximate surface area is 201 Å². The van der Waals surface area contributed by atoms with E-state index < -0.39 is 5.97 Å². The molecule has 0 saturated carbocycles. The number of nitrogens with zero attached hydrogens (tertiary/aromatic N) is 1. The van der Waals surface area contributed by atoms with Crippen molar-refractivity contribution >= 4 is 39.0 Å². The molecule has 0 atom stereocenters. The van der Waals surface area contributed by atoms with Gasteiger partial charge in [0.05, 0.1) is 37.8 Å². The minimum Gasteiger partial charge on any atom is -0.497 e. The van der Waals surface area contributed by atoms with Crippen LogP contribution in [0.1, 0.15) is 38.2 Å². The number of benzene rings is 2. The maximum atomic E-state index is 13.3.